The minimum absolute atomic E-state index is 0.0317. The molecule has 6 atom stereocenters. The summed E-state index contributed by atoms with van der Waals surface area (Å²) in [6.45, 7) is 5.40. The van der Waals surface area contributed by atoms with Gasteiger partial charge in [-0.3, -0.25) is 4.90 Å². The van der Waals surface area contributed by atoms with Gasteiger partial charge in [-0.1, -0.05) is 109 Å². The van der Waals surface area contributed by atoms with Gasteiger partial charge in [-0.2, -0.15) is 0 Å². The Morgan fingerprint density at radius 2 is 1.41 bits per heavy atom. The molecule has 242 valence electrons. The van der Waals surface area contributed by atoms with Crippen molar-refractivity contribution >= 4 is 6.03 Å². The number of aliphatic hydroxyl groups excluding tert-OH is 2. The molecule has 0 aromatic heterocycles. The molecule has 1 fully saturated rings. The van der Waals surface area contributed by atoms with Gasteiger partial charge in [-0.25, -0.2) is 4.79 Å². The predicted octanol–water partition coefficient (Wildman–Crippen LogP) is 5.99. The number of nitrogens with one attached hydrogen (secondary N) is 2. The van der Waals surface area contributed by atoms with Crippen LogP contribution in [0.2, 0.25) is 0 Å². The number of likely N-dealkylation sites (N-methyl/N-ethyl adjacent to an activating group) is 1. The van der Waals surface area contributed by atoms with Crippen molar-refractivity contribution < 1.29 is 24.5 Å². The number of ether oxygens (including phenoxy) is 2. The zero-order valence-corrected chi connectivity index (χ0v) is 26.8. The number of aliphatic hydroxyl groups is 2. The predicted molar refractivity (Wildman–Crippen MR) is 179 cm³/mol. The van der Waals surface area contributed by atoms with E-state index in [0.717, 1.165) is 33.4 Å². The molecule has 1 aliphatic heterocycles. The molecule has 1 saturated heterocycles. The van der Waals surface area contributed by atoms with Crippen LogP contribution in [0.1, 0.15) is 71.6 Å². The molecule has 4 aromatic rings. The molecule has 8 nitrogen and oxygen atoms in total. The number of hydrogen-bond acceptors (Lipinski definition) is 6. The maximum absolute atomic E-state index is 11.9. The Hall–Kier alpha value is -4.05. The van der Waals surface area contributed by atoms with Crippen molar-refractivity contribution in [2.75, 3.05) is 20.1 Å². The van der Waals surface area contributed by atoms with Crippen molar-refractivity contribution in [3.63, 3.8) is 0 Å². The summed E-state index contributed by atoms with van der Waals surface area (Å²) >= 11 is 0. The van der Waals surface area contributed by atoms with Crippen molar-refractivity contribution in [2.45, 2.75) is 63.6 Å². The Bertz CT molecular complexity index is 1500. The van der Waals surface area contributed by atoms with E-state index in [4.69, 9.17) is 9.47 Å². The number of nitrogens with zero attached hydrogens (tertiary/aromatic N) is 1. The van der Waals surface area contributed by atoms with Crippen LogP contribution >= 0.6 is 0 Å². The first-order valence-electron chi connectivity index (χ1n) is 16.0. The zero-order valence-electron chi connectivity index (χ0n) is 26.8. The lowest BCUT2D eigenvalue weighted by Gasteiger charge is -2.45. The molecule has 1 heterocycles. The maximum Gasteiger partial charge on any atom is 0.315 e. The highest BCUT2D eigenvalue weighted by Crippen LogP contribution is 2.47. The van der Waals surface area contributed by atoms with E-state index < -0.39 is 12.4 Å². The Labute approximate surface area is 272 Å². The number of benzene rings is 4. The summed E-state index contributed by atoms with van der Waals surface area (Å²) in [4.78, 5) is 14.0. The third kappa shape index (κ3) is 8.20. The lowest BCUT2D eigenvalue weighted by Crippen LogP contribution is -2.46. The number of hydrogen-bond donors (Lipinski definition) is 4. The van der Waals surface area contributed by atoms with Crippen LogP contribution in [0.3, 0.4) is 0 Å². The van der Waals surface area contributed by atoms with E-state index in [2.05, 4.69) is 27.7 Å². The highest BCUT2D eigenvalue weighted by molar-refractivity contribution is 5.73. The van der Waals surface area contributed by atoms with E-state index in [1.165, 1.54) is 0 Å². The molecule has 5 rings (SSSR count). The summed E-state index contributed by atoms with van der Waals surface area (Å²) in [5.74, 6) is -0.151. The molecule has 46 heavy (non-hydrogen) atoms. The summed E-state index contributed by atoms with van der Waals surface area (Å²) in [6.07, 6.45) is -1.96. The molecule has 1 unspecified atom stereocenters. The molecular weight excluding hydrogens is 578 g/mol. The molecule has 1 aliphatic rings. The Kier molecular flexibility index (Phi) is 11.6. The van der Waals surface area contributed by atoms with Gasteiger partial charge in [0.1, 0.15) is 0 Å². The molecule has 4 N–H and O–H groups in total. The largest absolute Gasteiger partial charge is 0.392 e. The number of amides is 2. The zero-order chi connectivity index (χ0) is 32.5. The molecule has 0 spiro atoms. The van der Waals surface area contributed by atoms with Gasteiger partial charge in [0.25, 0.3) is 0 Å². The number of carbonyl (C=O) groups is 1. The quantitative estimate of drug-likeness (QED) is 0.155. The van der Waals surface area contributed by atoms with E-state index in [-0.39, 0.29) is 36.8 Å². The molecular formula is C38H45N3O5. The van der Waals surface area contributed by atoms with Gasteiger partial charge in [0, 0.05) is 37.2 Å². The fourth-order valence-corrected chi connectivity index (χ4v) is 5.98. The van der Waals surface area contributed by atoms with E-state index >= 15 is 0 Å². The summed E-state index contributed by atoms with van der Waals surface area (Å²) in [7, 11) is 2.02. The molecule has 0 saturated carbocycles. The van der Waals surface area contributed by atoms with Gasteiger partial charge in [0.2, 0.25) is 0 Å². The Balaban J connectivity index is 1.46. The minimum atomic E-state index is -0.667. The van der Waals surface area contributed by atoms with Gasteiger partial charge in [0.05, 0.1) is 24.9 Å². The summed E-state index contributed by atoms with van der Waals surface area (Å²) in [5.41, 5.74) is 5.63. The van der Waals surface area contributed by atoms with E-state index in [9.17, 15) is 15.0 Å². The molecule has 4 aromatic carbocycles. The van der Waals surface area contributed by atoms with Crippen LogP contribution in [-0.4, -0.2) is 53.4 Å². The van der Waals surface area contributed by atoms with E-state index in [1.54, 1.807) is 0 Å². The minimum Gasteiger partial charge on any atom is -0.392 e. The smallest absolute Gasteiger partial charge is 0.315 e. The standard InChI is InChI=1S/C38H45N3O5/c1-4-39-38(44)40-23-27-15-21-32(22-16-27)37-45-33(24-41(3)26(2)35(43)30-13-9-6-10-14-30)34(29-11-7-5-8-12-29)36(46-37)31-19-17-28(25-42)18-20-31/h5-22,26,33-37,42-43H,4,23-25H2,1-3H3,(H2,39,40,44)/t26-,33+,34+,35-,36-,37?/m0/s1. The van der Waals surface area contributed by atoms with E-state index in [0.29, 0.717) is 19.6 Å². The van der Waals surface area contributed by atoms with Crippen molar-refractivity contribution in [2.24, 2.45) is 0 Å². The third-order valence-electron chi connectivity index (χ3n) is 8.77. The Morgan fingerprint density at radius 3 is 2.04 bits per heavy atom. The maximum atomic E-state index is 11.9. The first-order chi connectivity index (χ1) is 22.4. The lowest BCUT2D eigenvalue weighted by atomic mass is 9.83. The van der Waals surface area contributed by atoms with Crippen LogP contribution in [0, 0.1) is 0 Å². The van der Waals surface area contributed by atoms with Crippen LogP contribution in [0.25, 0.3) is 0 Å². The van der Waals surface area contributed by atoms with Crippen LogP contribution in [0.15, 0.2) is 109 Å². The first-order valence-corrected chi connectivity index (χ1v) is 16.0. The van der Waals surface area contributed by atoms with Crippen LogP contribution in [0.4, 0.5) is 4.79 Å². The molecule has 8 heteroatoms. The van der Waals surface area contributed by atoms with Gasteiger partial charge in [-0.05, 0) is 48.7 Å². The fraction of sp³-hybridized carbons (Fsp3) is 0.342. The number of rotatable bonds is 12. The van der Waals surface area contributed by atoms with Crippen LogP contribution < -0.4 is 10.6 Å². The first kappa shape index (κ1) is 33.3. The normalized spacial score (nSPS) is 21.0. The topological polar surface area (TPSA) is 103 Å². The summed E-state index contributed by atoms with van der Waals surface area (Å²) in [5, 5.41) is 26.6. The number of urea groups is 1. The Morgan fingerprint density at radius 1 is 0.804 bits per heavy atom. The molecule has 0 bridgehead atoms. The number of carbonyl (C=O) groups excluding carboxylic acids is 1. The highest BCUT2D eigenvalue weighted by Gasteiger charge is 2.43. The lowest BCUT2D eigenvalue weighted by molar-refractivity contribution is -0.264. The average Bonchev–Trinajstić information content (AvgIpc) is 3.11. The van der Waals surface area contributed by atoms with Gasteiger partial charge in [-0.15, -0.1) is 0 Å². The van der Waals surface area contributed by atoms with Crippen molar-refractivity contribution in [1.29, 1.82) is 0 Å². The van der Waals surface area contributed by atoms with Crippen LogP contribution in [-0.2, 0) is 22.6 Å². The van der Waals surface area contributed by atoms with E-state index in [1.807, 2.05) is 118 Å². The van der Waals surface area contributed by atoms with Gasteiger partial charge < -0.3 is 30.3 Å². The average molecular weight is 624 g/mol. The molecule has 0 radical (unpaired) electrons. The van der Waals surface area contributed by atoms with Crippen LogP contribution in [0.5, 0.6) is 0 Å². The SMILES string of the molecule is CCNC(=O)NCc1ccc(C2O[C@H](CN(C)[C@@H](C)[C@H](O)c3ccccc3)[C@@H](c3ccccc3)[C@H](c3ccc(CO)cc3)O2)cc1. The highest BCUT2D eigenvalue weighted by atomic mass is 16.7. The van der Waals surface area contributed by atoms with Crippen molar-refractivity contribution in [3.05, 3.63) is 143 Å². The molecule has 0 aliphatic carbocycles. The second-order valence-electron chi connectivity index (χ2n) is 11.9. The van der Waals surface area contributed by atoms with Crippen molar-refractivity contribution in [1.82, 2.24) is 15.5 Å². The second kappa shape index (κ2) is 16.0. The molecule has 2 amide bonds. The summed E-state index contributed by atoms with van der Waals surface area (Å²) < 4.78 is 13.7. The third-order valence-corrected chi connectivity index (χ3v) is 8.77. The van der Waals surface area contributed by atoms with Gasteiger partial charge >= 0.3 is 6.03 Å². The monoisotopic (exact) mass is 623 g/mol. The summed E-state index contributed by atoms with van der Waals surface area (Å²) in [6, 6.07) is 35.5. The second-order valence-corrected chi connectivity index (χ2v) is 11.9. The fourth-order valence-electron chi connectivity index (χ4n) is 5.98. The van der Waals surface area contributed by atoms with Crippen molar-refractivity contribution in [3.8, 4) is 0 Å². The van der Waals surface area contributed by atoms with Gasteiger partial charge in [0.15, 0.2) is 6.29 Å².